The van der Waals surface area contributed by atoms with Crippen molar-refractivity contribution in [2.45, 2.75) is 13.1 Å². The van der Waals surface area contributed by atoms with Crippen LogP contribution in [0.15, 0.2) is 24.5 Å². The molecule has 0 saturated carbocycles. The van der Waals surface area contributed by atoms with E-state index in [2.05, 4.69) is 5.10 Å². The number of rotatable bonds is 4. The van der Waals surface area contributed by atoms with E-state index in [0.717, 1.165) is 5.56 Å². The molecule has 0 fully saturated rings. The van der Waals surface area contributed by atoms with Gasteiger partial charge < -0.3 is 10.6 Å². The van der Waals surface area contributed by atoms with Crippen molar-refractivity contribution in [3.05, 3.63) is 47.3 Å². The highest BCUT2D eigenvalue weighted by molar-refractivity contribution is 5.50. The van der Waals surface area contributed by atoms with Gasteiger partial charge in [-0.15, -0.1) is 0 Å². The highest BCUT2D eigenvalue weighted by Gasteiger charge is 2.15. The van der Waals surface area contributed by atoms with E-state index in [9.17, 15) is 8.78 Å². The van der Waals surface area contributed by atoms with Gasteiger partial charge in [0.05, 0.1) is 6.20 Å². The predicted octanol–water partition coefficient (Wildman–Crippen LogP) is 1.79. The lowest BCUT2D eigenvalue weighted by atomic mass is 10.1. The number of aromatic nitrogens is 2. The number of hydrogen-bond acceptors (Lipinski definition) is 3. The third-order valence-electron chi connectivity index (χ3n) is 2.87. The summed E-state index contributed by atoms with van der Waals surface area (Å²) >= 11 is 0. The van der Waals surface area contributed by atoms with Gasteiger partial charge in [0.25, 0.3) is 0 Å². The largest absolute Gasteiger partial charge is 0.365 e. The van der Waals surface area contributed by atoms with Gasteiger partial charge in [-0.05, 0) is 17.7 Å². The number of halogens is 2. The average molecular weight is 266 g/mol. The zero-order valence-electron chi connectivity index (χ0n) is 10.9. The van der Waals surface area contributed by atoms with Crippen LogP contribution in [0, 0.1) is 11.6 Å². The summed E-state index contributed by atoms with van der Waals surface area (Å²) in [5, 5.41) is 4.02. The van der Waals surface area contributed by atoms with Crippen LogP contribution in [0.25, 0.3) is 0 Å². The van der Waals surface area contributed by atoms with Gasteiger partial charge in [-0.1, -0.05) is 0 Å². The molecule has 1 aromatic heterocycles. The fraction of sp³-hybridized carbons (Fsp3) is 0.308. The first-order valence-corrected chi connectivity index (χ1v) is 5.88. The summed E-state index contributed by atoms with van der Waals surface area (Å²) in [6.07, 6.45) is 3.47. The Morgan fingerprint density at radius 3 is 2.37 bits per heavy atom. The molecule has 0 bridgehead atoms. The van der Waals surface area contributed by atoms with E-state index in [0.29, 0.717) is 12.1 Å². The third-order valence-corrected chi connectivity index (χ3v) is 2.87. The molecule has 0 amide bonds. The Morgan fingerprint density at radius 2 is 1.89 bits per heavy atom. The fourth-order valence-electron chi connectivity index (χ4n) is 2.01. The van der Waals surface area contributed by atoms with Gasteiger partial charge in [0, 0.05) is 38.9 Å². The SMILES string of the molecule is CN(Cc1cnn(C)c1)c1c(F)cc(CN)cc1F. The fourth-order valence-corrected chi connectivity index (χ4v) is 2.01. The van der Waals surface area contributed by atoms with Crippen molar-refractivity contribution < 1.29 is 8.78 Å². The quantitative estimate of drug-likeness (QED) is 0.917. The minimum Gasteiger partial charge on any atom is -0.365 e. The molecule has 2 aromatic rings. The second-order valence-corrected chi connectivity index (χ2v) is 4.49. The molecule has 0 spiro atoms. The van der Waals surface area contributed by atoms with Gasteiger partial charge >= 0.3 is 0 Å². The smallest absolute Gasteiger partial charge is 0.149 e. The summed E-state index contributed by atoms with van der Waals surface area (Å²) in [7, 11) is 3.43. The maximum absolute atomic E-state index is 13.9. The van der Waals surface area contributed by atoms with Gasteiger partial charge in [-0.3, -0.25) is 4.68 Å². The molecule has 4 nitrogen and oxygen atoms in total. The zero-order valence-corrected chi connectivity index (χ0v) is 10.9. The molecular weight excluding hydrogens is 250 g/mol. The normalized spacial score (nSPS) is 10.8. The number of benzene rings is 1. The van der Waals surface area contributed by atoms with Crippen LogP contribution >= 0.6 is 0 Å². The first kappa shape index (κ1) is 13.5. The van der Waals surface area contributed by atoms with E-state index in [1.807, 2.05) is 0 Å². The van der Waals surface area contributed by atoms with E-state index in [4.69, 9.17) is 5.73 Å². The van der Waals surface area contributed by atoms with Crippen molar-refractivity contribution in [2.75, 3.05) is 11.9 Å². The molecule has 1 aromatic carbocycles. The first-order chi connectivity index (χ1) is 9.01. The van der Waals surface area contributed by atoms with E-state index >= 15 is 0 Å². The molecule has 0 aliphatic carbocycles. The third kappa shape index (κ3) is 2.90. The predicted molar refractivity (Wildman–Crippen MR) is 69.6 cm³/mol. The molecule has 6 heteroatoms. The molecule has 2 N–H and O–H groups in total. The van der Waals surface area contributed by atoms with Crippen molar-refractivity contribution in [3.63, 3.8) is 0 Å². The summed E-state index contributed by atoms with van der Waals surface area (Å²) in [6, 6.07) is 2.52. The Bertz CT molecular complexity index is 557. The number of aryl methyl sites for hydroxylation is 1. The summed E-state index contributed by atoms with van der Waals surface area (Å²) in [4.78, 5) is 1.52. The Labute approximate surface area is 110 Å². The monoisotopic (exact) mass is 266 g/mol. The van der Waals surface area contributed by atoms with Crippen LogP contribution in [0.3, 0.4) is 0 Å². The van der Waals surface area contributed by atoms with Crippen LogP contribution in [0.5, 0.6) is 0 Å². The minimum atomic E-state index is -0.605. The zero-order chi connectivity index (χ0) is 14.0. The first-order valence-electron chi connectivity index (χ1n) is 5.88. The Kier molecular flexibility index (Phi) is 3.80. The molecule has 19 heavy (non-hydrogen) atoms. The number of hydrogen-bond donors (Lipinski definition) is 1. The van der Waals surface area contributed by atoms with Gasteiger partial charge in [0.2, 0.25) is 0 Å². The van der Waals surface area contributed by atoms with Crippen LogP contribution in [-0.4, -0.2) is 16.8 Å². The van der Waals surface area contributed by atoms with Crippen molar-refractivity contribution in [3.8, 4) is 0 Å². The summed E-state index contributed by atoms with van der Waals surface area (Å²) in [5.74, 6) is -1.21. The van der Waals surface area contributed by atoms with Crippen molar-refractivity contribution >= 4 is 5.69 Å². The second-order valence-electron chi connectivity index (χ2n) is 4.49. The molecule has 0 atom stereocenters. The maximum Gasteiger partial charge on any atom is 0.149 e. The van der Waals surface area contributed by atoms with Crippen molar-refractivity contribution in [1.29, 1.82) is 0 Å². The molecule has 2 rings (SSSR count). The van der Waals surface area contributed by atoms with Crippen molar-refractivity contribution in [1.82, 2.24) is 9.78 Å². The van der Waals surface area contributed by atoms with E-state index in [1.54, 1.807) is 31.2 Å². The Balaban J connectivity index is 2.26. The van der Waals surface area contributed by atoms with Crippen molar-refractivity contribution in [2.24, 2.45) is 12.8 Å². The van der Waals surface area contributed by atoms with Gasteiger partial charge in [-0.2, -0.15) is 5.10 Å². The van der Waals surface area contributed by atoms with Gasteiger partial charge in [-0.25, -0.2) is 8.78 Å². The molecular formula is C13H16F2N4. The molecule has 0 aliphatic rings. The average Bonchev–Trinajstić information content (AvgIpc) is 2.73. The van der Waals surface area contributed by atoms with Gasteiger partial charge in [0.15, 0.2) is 0 Å². The topological polar surface area (TPSA) is 47.1 Å². The minimum absolute atomic E-state index is 0.0546. The second kappa shape index (κ2) is 5.36. The van der Waals surface area contributed by atoms with E-state index in [1.165, 1.54) is 17.0 Å². The number of anilines is 1. The molecule has 0 unspecified atom stereocenters. The summed E-state index contributed by atoms with van der Waals surface area (Å²) < 4.78 is 29.4. The van der Waals surface area contributed by atoms with E-state index in [-0.39, 0.29) is 12.2 Å². The highest BCUT2D eigenvalue weighted by atomic mass is 19.1. The highest BCUT2D eigenvalue weighted by Crippen LogP contribution is 2.25. The van der Waals surface area contributed by atoms with Crippen LogP contribution in [0.1, 0.15) is 11.1 Å². The molecule has 0 radical (unpaired) electrons. The Morgan fingerprint density at radius 1 is 1.26 bits per heavy atom. The number of nitrogens with zero attached hydrogens (tertiary/aromatic N) is 3. The summed E-state index contributed by atoms with van der Waals surface area (Å²) in [5.41, 5.74) is 6.65. The van der Waals surface area contributed by atoms with E-state index < -0.39 is 11.6 Å². The standard InChI is InChI=1S/C13H16F2N4/c1-18(7-10-6-17-19(2)8-10)13-11(14)3-9(5-16)4-12(13)15/h3-4,6,8H,5,7,16H2,1-2H3. The lowest BCUT2D eigenvalue weighted by Crippen LogP contribution is -2.19. The van der Waals surface area contributed by atoms with Crippen LogP contribution < -0.4 is 10.6 Å². The molecule has 0 aliphatic heterocycles. The molecule has 1 heterocycles. The molecule has 0 saturated heterocycles. The van der Waals surface area contributed by atoms with Gasteiger partial charge in [0.1, 0.15) is 17.3 Å². The summed E-state index contributed by atoms with van der Waals surface area (Å²) in [6.45, 7) is 0.490. The Hall–Kier alpha value is -1.95. The maximum atomic E-state index is 13.9. The van der Waals surface area contributed by atoms with Crippen LogP contribution in [0.4, 0.5) is 14.5 Å². The van der Waals surface area contributed by atoms with Crippen LogP contribution in [-0.2, 0) is 20.1 Å². The molecule has 102 valence electrons. The lowest BCUT2D eigenvalue weighted by molar-refractivity contribution is 0.573. The van der Waals surface area contributed by atoms with Crippen LogP contribution in [0.2, 0.25) is 0 Å². The number of nitrogens with two attached hydrogens (primary N) is 1. The lowest BCUT2D eigenvalue weighted by Gasteiger charge is -2.20.